The first-order valence-electron chi connectivity index (χ1n) is 13.8. The van der Waals surface area contributed by atoms with E-state index in [1.807, 2.05) is 60.9 Å². The van der Waals surface area contributed by atoms with Gasteiger partial charge >= 0.3 is 5.97 Å². The van der Waals surface area contributed by atoms with E-state index < -0.39 is 53.8 Å². The minimum absolute atomic E-state index is 0.0282. The molecule has 4 unspecified atom stereocenters. The summed E-state index contributed by atoms with van der Waals surface area (Å²) in [4.78, 5) is 66.2. The van der Waals surface area contributed by atoms with Crippen LogP contribution in [-0.2, 0) is 36.8 Å². The van der Waals surface area contributed by atoms with E-state index in [9.17, 15) is 29.1 Å². The summed E-state index contributed by atoms with van der Waals surface area (Å²) in [6.45, 7) is 0. The molecule has 0 aliphatic carbocycles. The minimum atomic E-state index is -1.40. The van der Waals surface area contributed by atoms with Crippen LogP contribution < -0.4 is 27.4 Å². The average molecular weight is 611 g/mol. The number of hydrogen-bond donors (Lipinski definition) is 7. The fourth-order valence-corrected chi connectivity index (χ4v) is 5.03. The maximum Gasteiger partial charge on any atom is 0.326 e. The zero-order chi connectivity index (χ0) is 31.4. The Hall–Kier alpha value is -4.36. The van der Waals surface area contributed by atoms with Crippen LogP contribution in [0.25, 0.3) is 10.9 Å². The lowest BCUT2D eigenvalue weighted by Gasteiger charge is -2.25. The van der Waals surface area contributed by atoms with Crippen molar-refractivity contribution in [1.29, 1.82) is 0 Å². The zero-order valence-corrected chi connectivity index (χ0v) is 24.7. The first-order valence-corrected chi connectivity index (χ1v) is 15.2. The van der Waals surface area contributed by atoms with Crippen molar-refractivity contribution in [2.24, 2.45) is 11.5 Å². The lowest BCUT2D eigenvalue weighted by atomic mass is 10.0. The number of aromatic nitrogens is 1. The molecule has 0 radical (unpaired) electrons. The summed E-state index contributed by atoms with van der Waals surface area (Å²) in [7, 11) is 0. The van der Waals surface area contributed by atoms with Gasteiger partial charge in [-0.05, 0) is 48.5 Å². The van der Waals surface area contributed by atoms with E-state index in [1.54, 1.807) is 6.20 Å². The molecule has 2 aromatic carbocycles. The van der Waals surface area contributed by atoms with Crippen molar-refractivity contribution in [3.63, 3.8) is 0 Å². The average Bonchev–Trinajstić information content (AvgIpc) is 3.39. The number of H-pyrrole nitrogens is 1. The minimum Gasteiger partial charge on any atom is -0.480 e. The smallest absolute Gasteiger partial charge is 0.326 e. The summed E-state index contributed by atoms with van der Waals surface area (Å²) in [6.07, 6.45) is 3.70. The molecule has 0 aliphatic rings. The highest BCUT2D eigenvalue weighted by atomic mass is 32.2. The molecule has 4 atom stereocenters. The lowest BCUT2D eigenvalue weighted by molar-refractivity contribution is -0.142. The van der Waals surface area contributed by atoms with E-state index in [2.05, 4.69) is 20.9 Å². The van der Waals surface area contributed by atoms with E-state index in [4.69, 9.17) is 11.5 Å². The standard InChI is InChI=1S/C30H38N6O6S/c1-43-14-13-23(34-27(38)21(31)15-18-7-3-2-4-8-18)28(39)36-25(16-19-17-33-22-10-6-5-9-20(19)22)29(40)35-24(30(41)42)11-12-26(32)37/h2-10,17,21,23-25,33H,11-16,31H2,1H3,(H2,32,37)(H,34,38)(H,35,40)(H,36,39)(H,41,42). The number of aliphatic carboxylic acids is 1. The first kappa shape index (κ1) is 33.1. The summed E-state index contributed by atoms with van der Waals surface area (Å²) in [5, 5.41) is 18.3. The molecule has 43 heavy (non-hydrogen) atoms. The second kappa shape index (κ2) is 16.3. The topological polar surface area (TPSA) is 209 Å². The fraction of sp³-hybridized carbons (Fsp3) is 0.367. The number of benzene rings is 2. The number of aromatic amines is 1. The molecular formula is C30H38N6O6S. The third kappa shape index (κ3) is 10.1. The Labute approximate surface area is 253 Å². The highest BCUT2D eigenvalue weighted by Crippen LogP contribution is 2.19. The van der Waals surface area contributed by atoms with Crippen molar-refractivity contribution in [3.05, 3.63) is 71.9 Å². The Bertz CT molecular complexity index is 1410. The summed E-state index contributed by atoms with van der Waals surface area (Å²) in [5.74, 6) is -3.39. The maximum atomic E-state index is 13.6. The van der Waals surface area contributed by atoms with Gasteiger partial charge in [-0.3, -0.25) is 19.2 Å². The monoisotopic (exact) mass is 610 g/mol. The number of carboxylic acids is 1. The van der Waals surface area contributed by atoms with Crippen LogP contribution in [-0.4, -0.2) is 75.9 Å². The van der Waals surface area contributed by atoms with Crippen molar-refractivity contribution < 1.29 is 29.1 Å². The van der Waals surface area contributed by atoms with Gasteiger partial charge in [0, 0.05) is 29.9 Å². The Morgan fingerprint density at radius 2 is 1.47 bits per heavy atom. The van der Waals surface area contributed by atoms with Crippen LogP contribution in [0.4, 0.5) is 0 Å². The summed E-state index contributed by atoms with van der Waals surface area (Å²) in [5.41, 5.74) is 13.7. The van der Waals surface area contributed by atoms with Gasteiger partial charge in [0.05, 0.1) is 6.04 Å². The van der Waals surface area contributed by atoms with Gasteiger partial charge in [0.25, 0.3) is 0 Å². The molecule has 0 saturated heterocycles. The number of nitrogens with one attached hydrogen (secondary N) is 4. The quantitative estimate of drug-likeness (QED) is 0.116. The van der Waals surface area contributed by atoms with Crippen molar-refractivity contribution in [3.8, 4) is 0 Å². The van der Waals surface area contributed by atoms with Gasteiger partial charge in [-0.25, -0.2) is 4.79 Å². The van der Waals surface area contributed by atoms with Crippen molar-refractivity contribution in [2.45, 2.75) is 56.3 Å². The number of carboxylic acid groups (broad SMARTS) is 1. The van der Waals surface area contributed by atoms with Crippen molar-refractivity contribution in [1.82, 2.24) is 20.9 Å². The lowest BCUT2D eigenvalue weighted by Crippen LogP contribution is -2.58. The van der Waals surface area contributed by atoms with Crippen LogP contribution >= 0.6 is 11.8 Å². The summed E-state index contributed by atoms with van der Waals surface area (Å²) >= 11 is 1.49. The van der Waals surface area contributed by atoms with E-state index >= 15 is 0 Å². The van der Waals surface area contributed by atoms with Crippen LogP contribution in [0.1, 0.15) is 30.4 Å². The van der Waals surface area contributed by atoms with Crippen LogP contribution in [0.2, 0.25) is 0 Å². The third-order valence-electron chi connectivity index (χ3n) is 6.90. The summed E-state index contributed by atoms with van der Waals surface area (Å²) < 4.78 is 0. The molecule has 12 nitrogen and oxygen atoms in total. The number of nitrogens with two attached hydrogens (primary N) is 2. The first-order chi connectivity index (χ1) is 20.6. The van der Waals surface area contributed by atoms with E-state index in [0.29, 0.717) is 5.75 Å². The predicted octanol–water partition coefficient (Wildman–Crippen LogP) is 0.838. The second-order valence-corrected chi connectivity index (χ2v) is 11.2. The summed E-state index contributed by atoms with van der Waals surface area (Å²) in [6, 6.07) is 12.2. The van der Waals surface area contributed by atoms with E-state index in [0.717, 1.165) is 22.0 Å². The van der Waals surface area contributed by atoms with Crippen LogP contribution in [0.5, 0.6) is 0 Å². The van der Waals surface area contributed by atoms with Gasteiger partial charge in [0.1, 0.15) is 18.1 Å². The number of amides is 4. The molecular weight excluding hydrogens is 572 g/mol. The third-order valence-corrected chi connectivity index (χ3v) is 7.55. The van der Waals surface area contributed by atoms with Gasteiger partial charge < -0.3 is 37.5 Å². The maximum absolute atomic E-state index is 13.6. The fourth-order valence-electron chi connectivity index (χ4n) is 4.56. The predicted molar refractivity (Wildman–Crippen MR) is 165 cm³/mol. The Morgan fingerprint density at radius 1 is 0.837 bits per heavy atom. The molecule has 0 aliphatic heterocycles. The number of rotatable bonds is 17. The number of carbonyl (C=O) groups excluding carboxylic acids is 4. The molecule has 9 N–H and O–H groups in total. The van der Waals surface area contributed by atoms with Crippen LogP contribution in [0.3, 0.4) is 0 Å². The Balaban J connectivity index is 1.81. The Morgan fingerprint density at radius 3 is 2.14 bits per heavy atom. The Kier molecular flexibility index (Phi) is 12.6. The molecule has 0 spiro atoms. The molecule has 3 rings (SSSR count). The molecule has 4 amide bonds. The van der Waals surface area contributed by atoms with Gasteiger partial charge in [-0.15, -0.1) is 0 Å². The van der Waals surface area contributed by atoms with Gasteiger partial charge in [-0.1, -0.05) is 48.5 Å². The highest BCUT2D eigenvalue weighted by molar-refractivity contribution is 7.98. The molecule has 1 heterocycles. The van der Waals surface area contributed by atoms with Crippen molar-refractivity contribution >= 4 is 52.3 Å². The largest absolute Gasteiger partial charge is 0.480 e. The van der Waals surface area contributed by atoms with Crippen LogP contribution in [0, 0.1) is 0 Å². The van der Waals surface area contributed by atoms with Crippen molar-refractivity contribution in [2.75, 3.05) is 12.0 Å². The number of hydrogen-bond acceptors (Lipinski definition) is 7. The molecule has 230 valence electrons. The molecule has 0 bridgehead atoms. The molecule has 3 aromatic rings. The molecule has 13 heteroatoms. The van der Waals surface area contributed by atoms with E-state index in [1.165, 1.54) is 11.8 Å². The number of thioether (sulfide) groups is 1. The number of primary amides is 1. The number of para-hydroxylation sites is 1. The SMILES string of the molecule is CSCCC(NC(=O)C(N)Cc1ccccc1)C(=O)NC(Cc1c[nH]c2ccccc12)C(=O)NC(CCC(N)=O)C(=O)O. The van der Waals surface area contributed by atoms with Gasteiger partial charge in [0.2, 0.25) is 23.6 Å². The van der Waals surface area contributed by atoms with E-state index in [-0.39, 0.29) is 32.1 Å². The zero-order valence-electron chi connectivity index (χ0n) is 23.9. The molecule has 0 saturated carbocycles. The second-order valence-electron chi connectivity index (χ2n) is 10.2. The van der Waals surface area contributed by atoms with Crippen LogP contribution in [0.15, 0.2) is 60.8 Å². The van der Waals surface area contributed by atoms with Gasteiger partial charge in [0.15, 0.2) is 0 Å². The molecule has 1 aromatic heterocycles. The highest BCUT2D eigenvalue weighted by Gasteiger charge is 2.31. The number of fused-ring (bicyclic) bond motifs is 1. The number of carbonyl (C=O) groups is 5. The van der Waals surface area contributed by atoms with Gasteiger partial charge in [-0.2, -0.15) is 11.8 Å². The normalized spacial score (nSPS) is 13.8. The molecule has 0 fully saturated rings.